The molecule has 0 spiro atoms. The molecule has 4 nitrogen and oxygen atoms in total. The lowest BCUT2D eigenvalue weighted by Crippen LogP contribution is -2.41. The molecule has 0 saturated carbocycles. The minimum absolute atomic E-state index is 0.237. The van der Waals surface area contributed by atoms with Crippen molar-refractivity contribution < 1.29 is 8.42 Å². The maximum absolute atomic E-state index is 11.6. The Morgan fingerprint density at radius 1 is 1.39 bits per heavy atom. The van der Waals surface area contributed by atoms with Gasteiger partial charge in [0.15, 0.2) is 0 Å². The van der Waals surface area contributed by atoms with E-state index in [1.807, 2.05) is 0 Å². The Morgan fingerprint density at radius 3 is 2.61 bits per heavy atom. The Kier molecular flexibility index (Phi) is 5.62. The molecular weight excluding hydrogens is 248 g/mol. The molecule has 18 heavy (non-hydrogen) atoms. The highest BCUT2D eigenvalue weighted by Crippen LogP contribution is 2.30. The van der Waals surface area contributed by atoms with Crippen molar-refractivity contribution in [1.29, 1.82) is 0 Å². The van der Waals surface area contributed by atoms with E-state index in [1.54, 1.807) is 4.31 Å². The fourth-order valence-corrected chi connectivity index (χ4v) is 3.75. The maximum atomic E-state index is 11.6. The molecule has 108 valence electrons. The summed E-state index contributed by atoms with van der Waals surface area (Å²) in [6.07, 6.45) is 4.56. The fraction of sp³-hybridized carbons (Fsp3) is 1.00. The largest absolute Gasteiger partial charge is 0.316 e. The van der Waals surface area contributed by atoms with Gasteiger partial charge in [-0.2, -0.15) is 0 Å². The molecule has 1 unspecified atom stereocenters. The van der Waals surface area contributed by atoms with E-state index >= 15 is 0 Å². The van der Waals surface area contributed by atoms with Gasteiger partial charge in [0, 0.05) is 19.6 Å². The van der Waals surface area contributed by atoms with Crippen molar-refractivity contribution in [1.82, 2.24) is 9.62 Å². The minimum atomic E-state index is -3.01. The molecule has 0 bridgehead atoms. The highest BCUT2D eigenvalue weighted by molar-refractivity contribution is 7.88. The molecule has 1 heterocycles. The van der Waals surface area contributed by atoms with Gasteiger partial charge in [-0.25, -0.2) is 12.7 Å². The van der Waals surface area contributed by atoms with Crippen LogP contribution in [-0.2, 0) is 10.0 Å². The third-order valence-corrected chi connectivity index (χ3v) is 4.92. The SMILES string of the molecule is CCNCC(C)(C)CC1CCCN(S(C)(=O)=O)C1. The van der Waals surface area contributed by atoms with Gasteiger partial charge in [-0.3, -0.25) is 0 Å². The molecule has 0 amide bonds. The number of rotatable bonds is 6. The third-order valence-electron chi connectivity index (χ3n) is 3.65. The van der Waals surface area contributed by atoms with Crippen molar-refractivity contribution in [3.05, 3.63) is 0 Å². The number of sulfonamides is 1. The Morgan fingerprint density at radius 2 is 2.06 bits per heavy atom. The van der Waals surface area contributed by atoms with Gasteiger partial charge in [0.25, 0.3) is 0 Å². The van der Waals surface area contributed by atoms with Crippen LogP contribution in [0.2, 0.25) is 0 Å². The molecule has 0 aromatic heterocycles. The normalized spacial score (nSPS) is 23.2. The zero-order valence-corrected chi connectivity index (χ0v) is 13.0. The van der Waals surface area contributed by atoms with Gasteiger partial charge >= 0.3 is 0 Å². The molecule has 1 atom stereocenters. The summed E-state index contributed by atoms with van der Waals surface area (Å²) in [6, 6.07) is 0. The molecule has 0 aliphatic carbocycles. The second kappa shape index (κ2) is 6.35. The van der Waals surface area contributed by atoms with Crippen LogP contribution >= 0.6 is 0 Å². The molecule has 1 N–H and O–H groups in total. The average Bonchev–Trinajstić information content (AvgIpc) is 2.25. The number of hydrogen-bond acceptors (Lipinski definition) is 3. The lowest BCUT2D eigenvalue weighted by atomic mass is 9.80. The minimum Gasteiger partial charge on any atom is -0.316 e. The third kappa shape index (κ3) is 5.24. The Labute approximate surface area is 112 Å². The molecule has 5 heteroatoms. The van der Waals surface area contributed by atoms with Gasteiger partial charge < -0.3 is 5.32 Å². The summed E-state index contributed by atoms with van der Waals surface area (Å²) in [5, 5.41) is 3.39. The van der Waals surface area contributed by atoms with Crippen LogP contribution in [0.5, 0.6) is 0 Å². The molecule has 0 radical (unpaired) electrons. The van der Waals surface area contributed by atoms with Gasteiger partial charge in [0.2, 0.25) is 10.0 Å². The van der Waals surface area contributed by atoms with Crippen molar-refractivity contribution in [2.75, 3.05) is 32.4 Å². The molecule has 0 aromatic rings. The molecule has 1 aliphatic heterocycles. The Bertz CT molecular complexity index is 352. The summed E-state index contributed by atoms with van der Waals surface area (Å²) in [5.41, 5.74) is 0.237. The summed E-state index contributed by atoms with van der Waals surface area (Å²) in [5.74, 6) is 0.502. The fourth-order valence-electron chi connectivity index (χ4n) is 2.81. The number of piperidine rings is 1. The Balaban J connectivity index is 2.52. The van der Waals surface area contributed by atoms with Crippen LogP contribution in [0.25, 0.3) is 0 Å². The lowest BCUT2D eigenvalue weighted by molar-refractivity contribution is 0.187. The average molecular weight is 276 g/mol. The van der Waals surface area contributed by atoms with Crippen LogP contribution in [0.3, 0.4) is 0 Å². The van der Waals surface area contributed by atoms with Crippen LogP contribution < -0.4 is 5.32 Å². The van der Waals surface area contributed by atoms with Crippen LogP contribution in [-0.4, -0.2) is 45.2 Å². The quantitative estimate of drug-likeness (QED) is 0.803. The van der Waals surface area contributed by atoms with E-state index in [0.717, 1.165) is 32.4 Å². The summed E-state index contributed by atoms with van der Waals surface area (Å²) in [7, 11) is -3.01. The van der Waals surface area contributed by atoms with E-state index in [9.17, 15) is 8.42 Å². The van der Waals surface area contributed by atoms with Crippen LogP contribution in [0.1, 0.15) is 40.0 Å². The molecule has 0 aromatic carbocycles. The second-order valence-corrected chi connectivity index (χ2v) is 8.26. The predicted octanol–water partition coefficient (Wildman–Crippen LogP) is 1.68. The molecule has 1 rings (SSSR count). The van der Waals surface area contributed by atoms with Crippen molar-refractivity contribution in [3.63, 3.8) is 0 Å². The van der Waals surface area contributed by atoms with Crippen molar-refractivity contribution in [2.24, 2.45) is 11.3 Å². The number of nitrogens with one attached hydrogen (secondary N) is 1. The smallest absolute Gasteiger partial charge is 0.211 e. The molecule has 1 fully saturated rings. The first-order valence-electron chi connectivity index (χ1n) is 6.90. The molecular formula is C13H28N2O2S. The zero-order chi connectivity index (χ0) is 13.8. The molecule has 1 saturated heterocycles. The van der Waals surface area contributed by atoms with Crippen LogP contribution in [0.15, 0.2) is 0 Å². The summed E-state index contributed by atoms with van der Waals surface area (Å²) < 4.78 is 24.8. The van der Waals surface area contributed by atoms with E-state index in [4.69, 9.17) is 0 Å². The number of hydrogen-bond donors (Lipinski definition) is 1. The van der Waals surface area contributed by atoms with Gasteiger partial charge in [-0.15, -0.1) is 0 Å². The van der Waals surface area contributed by atoms with E-state index in [-0.39, 0.29) is 5.41 Å². The monoisotopic (exact) mass is 276 g/mol. The van der Waals surface area contributed by atoms with E-state index < -0.39 is 10.0 Å². The predicted molar refractivity (Wildman–Crippen MR) is 76.1 cm³/mol. The van der Waals surface area contributed by atoms with Gasteiger partial charge in [0.1, 0.15) is 0 Å². The van der Waals surface area contributed by atoms with E-state index in [0.29, 0.717) is 19.0 Å². The van der Waals surface area contributed by atoms with E-state index in [1.165, 1.54) is 6.26 Å². The van der Waals surface area contributed by atoms with Gasteiger partial charge in [0.05, 0.1) is 6.26 Å². The van der Waals surface area contributed by atoms with Crippen molar-refractivity contribution >= 4 is 10.0 Å². The van der Waals surface area contributed by atoms with Crippen LogP contribution in [0.4, 0.5) is 0 Å². The highest BCUT2D eigenvalue weighted by atomic mass is 32.2. The standard InChI is InChI=1S/C13H28N2O2S/c1-5-14-11-13(2,3)9-12-7-6-8-15(10-12)18(4,16)17/h12,14H,5-11H2,1-4H3. The topological polar surface area (TPSA) is 49.4 Å². The summed E-state index contributed by atoms with van der Waals surface area (Å²) in [6.45, 7) is 10.0. The van der Waals surface area contributed by atoms with Gasteiger partial charge in [-0.1, -0.05) is 20.8 Å². The van der Waals surface area contributed by atoms with Crippen LogP contribution in [0, 0.1) is 11.3 Å². The van der Waals surface area contributed by atoms with Gasteiger partial charge in [-0.05, 0) is 37.1 Å². The zero-order valence-electron chi connectivity index (χ0n) is 12.2. The van der Waals surface area contributed by atoms with Crippen molar-refractivity contribution in [2.45, 2.75) is 40.0 Å². The molecule has 1 aliphatic rings. The second-order valence-electron chi connectivity index (χ2n) is 6.28. The van der Waals surface area contributed by atoms with E-state index in [2.05, 4.69) is 26.1 Å². The maximum Gasteiger partial charge on any atom is 0.211 e. The first-order valence-corrected chi connectivity index (χ1v) is 8.75. The first-order chi connectivity index (χ1) is 8.24. The lowest BCUT2D eigenvalue weighted by Gasteiger charge is -2.36. The number of nitrogens with zero attached hydrogens (tertiary/aromatic N) is 1. The summed E-state index contributed by atoms with van der Waals surface area (Å²) >= 11 is 0. The van der Waals surface area contributed by atoms with Crippen molar-refractivity contribution in [3.8, 4) is 0 Å². The Hall–Kier alpha value is -0.130. The highest BCUT2D eigenvalue weighted by Gasteiger charge is 2.30. The first kappa shape index (κ1) is 15.9. The summed E-state index contributed by atoms with van der Waals surface area (Å²) in [4.78, 5) is 0.